The summed E-state index contributed by atoms with van der Waals surface area (Å²) in [5.41, 5.74) is 3.19. The van der Waals surface area contributed by atoms with E-state index in [-0.39, 0.29) is 22.5 Å². The molecule has 0 saturated heterocycles. The summed E-state index contributed by atoms with van der Waals surface area (Å²) in [4.78, 5) is 29.4. The Morgan fingerprint density at radius 2 is 1.81 bits per heavy atom. The number of pyridine rings is 1. The van der Waals surface area contributed by atoms with Gasteiger partial charge in [0.2, 0.25) is 5.13 Å². The van der Waals surface area contributed by atoms with Gasteiger partial charge in [0.05, 0.1) is 23.8 Å². The van der Waals surface area contributed by atoms with Crippen molar-refractivity contribution in [1.29, 1.82) is 0 Å². The molecule has 10 nitrogen and oxygen atoms in total. The van der Waals surface area contributed by atoms with Gasteiger partial charge in [-0.3, -0.25) is 19.9 Å². The van der Waals surface area contributed by atoms with Crippen molar-refractivity contribution in [2.75, 3.05) is 12.4 Å². The SMILES string of the molecule is COc1ccccc1-c1cnccc1C(=O)Nc1nnc(OCc2cc(Cc3n[nH]c(=O)c4ccccc34)ccc2F)s1. The van der Waals surface area contributed by atoms with E-state index in [4.69, 9.17) is 9.47 Å². The third-order valence-corrected chi connectivity index (χ3v) is 7.45. The van der Waals surface area contributed by atoms with E-state index >= 15 is 0 Å². The van der Waals surface area contributed by atoms with E-state index in [1.165, 1.54) is 12.3 Å². The van der Waals surface area contributed by atoms with Crippen LogP contribution in [0.1, 0.15) is 27.2 Å². The van der Waals surface area contributed by atoms with E-state index in [1.54, 1.807) is 49.7 Å². The van der Waals surface area contributed by atoms with Crippen LogP contribution in [-0.4, -0.2) is 38.4 Å². The number of aromatic nitrogens is 5. The molecule has 0 aliphatic heterocycles. The van der Waals surface area contributed by atoms with Crippen molar-refractivity contribution in [2.45, 2.75) is 13.0 Å². The van der Waals surface area contributed by atoms with Crippen LogP contribution < -0.4 is 20.3 Å². The molecule has 43 heavy (non-hydrogen) atoms. The van der Waals surface area contributed by atoms with E-state index in [0.717, 1.165) is 27.8 Å². The summed E-state index contributed by atoms with van der Waals surface area (Å²) < 4.78 is 25.8. The second kappa shape index (κ2) is 12.2. The van der Waals surface area contributed by atoms with Gasteiger partial charge in [-0.25, -0.2) is 9.49 Å². The number of amides is 1. The Bertz CT molecular complexity index is 2010. The zero-order valence-electron chi connectivity index (χ0n) is 22.7. The van der Waals surface area contributed by atoms with Gasteiger partial charge in [-0.15, -0.1) is 5.10 Å². The smallest absolute Gasteiger partial charge is 0.296 e. The third kappa shape index (κ3) is 5.95. The first-order valence-corrected chi connectivity index (χ1v) is 13.9. The Labute approximate surface area is 248 Å². The van der Waals surface area contributed by atoms with Crippen LogP contribution in [0.3, 0.4) is 0 Å². The summed E-state index contributed by atoms with van der Waals surface area (Å²) >= 11 is 1.02. The Kier molecular flexibility index (Phi) is 7.83. The minimum Gasteiger partial charge on any atom is -0.496 e. The van der Waals surface area contributed by atoms with Crippen molar-refractivity contribution in [2.24, 2.45) is 0 Å². The first-order valence-electron chi connectivity index (χ1n) is 13.1. The molecule has 0 spiro atoms. The van der Waals surface area contributed by atoms with E-state index in [0.29, 0.717) is 39.9 Å². The average molecular weight is 595 g/mol. The van der Waals surface area contributed by atoms with Gasteiger partial charge >= 0.3 is 0 Å². The number of para-hydroxylation sites is 1. The van der Waals surface area contributed by atoms with Crippen molar-refractivity contribution < 1.29 is 18.7 Å². The number of benzene rings is 3. The Balaban J connectivity index is 1.14. The molecule has 1 amide bonds. The van der Waals surface area contributed by atoms with Crippen LogP contribution in [0, 0.1) is 5.82 Å². The maximum atomic E-state index is 14.7. The number of hydrogen-bond acceptors (Lipinski definition) is 9. The number of ether oxygens (including phenoxy) is 2. The van der Waals surface area contributed by atoms with Gasteiger partial charge in [0, 0.05) is 40.9 Å². The number of rotatable bonds is 9. The molecule has 0 bridgehead atoms. The lowest BCUT2D eigenvalue weighted by Crippen LogP contribution is -2.13. The zero-order valence-corrected chi connectivity index (χ0v) is 23.5. The number of halogens is 1. The number of nitrogens with one attached hydrogen (secondary N) is 2. The number of carbonyl (C=O) groups is 1. The van der Waals surface area contributed by atoms with Gasteiger partial charge in [-0.05, 0) is 47.2 Å². The molecule has 0 radical (unpaired) electrons. The second-order valence-electron chi connectivity index (χ2n) is 9.39. The monoisotopic (exact) mass is 594 g/mol. The largest absolute Gasteiger partial charge is 0.496 e. The van der Waals surface area contributed by atoms with Gasteiger partial charge in [-0.1, -0.05) is 47.6 Å². The highest BCUT2D eigenvalue weighted by molar-refractivity contribution is 7.17. The van der Waals surface area contributed by atoms with Crippen LogP contribution in [-0.2, 0) is 13.0 Å². The van der Waals surface area contributed by atoms with E-state index in [1.807, 2.05) is 30.3 Å². The number of methoxy groups -OCH3 is 1. The number of aromatic amines is 1. The molecule has 2 N–H and O–H groups in total. The first kappa shape index (κ1) is 27.7. The predicted molar refractivity (Wildman–Crippen MR) is 160 cm³/mol. The number of nitrogens with zero attached hydrogens (tertiary/aromatic N) is 4. The second-order valence-corrected chi connectivity index (χ2v) is 10.3. The number of hydrogen-bond donors (Lipinski definition) is 2. The van der Waals surface area contributed by atoms with Crippen LogP contribution in [0.15, 0.2) is 90.0 Å². The molecule has 0 aliphatic carbocycles. The molecule has 12 heteroatoms. The molecule has 6 aromatic rings. The lowest BCUT2D eigenvalue weighted by Gasteiger charge is -2.11. The molecule has 3 heterocycles. The quantitative estimate of drug-likeness (QED) is 0.227. The van der Waals surface area contributed by atoms with Gasteiger partial charge < -0.3 is 9.47 Å². The highest BCUT2D eigenvalue weighted by Crippen LogP contribution is 2.32. The van der Waals surface area contributed by atoms with Crippen LogP contribution in [0.2, 0.25) is 0 Å². The van der Waals surface area contributed by atoms with Crippen LogP contribution >= 0.6 is 11.3 Å². The van der Waals surface area contributed by atoms with E-state index in [2.05, 4.69) is 30.7 Å². The molecule has 0 unspecified atom stereocenters. The molecule has 0 fully saturated rings. The molecule has 3 aromatic carbocycles. The summed E-state index contributed by atoms with van der Waals surface area (Å²) in [6.07, 6.45) is 3.51. The van der Waals surface area contributed by atoms with Gasteiger partial charge in [0.1, 0.15) is 18.2 Å². The molecule has 3 aromatic heterocycles. The third-order valence-electron chi connectivity index (χ3n) is 6.70. The Hall–Kier alpha value is -5.49. The molecule has 6 rings (SSSR count). The van der Waals surface area contributed by atoms with Crippen molar-refractivity contribution in [3.63, 3.8) is 0 Å². The highest BCUT2D eigenvalue weighted by Gasteiger charge is 2.18. The Morgan fingerprint density at radius 3 is 2.67 bits per heavy atom. The van der Waals surface area contributed by atoms with Crippen molar-refractivity contribution >= 4 is 33.1 Å². The standard InChI is InChI=1S/C31H23FN6O4S/c1-41-27-9-5-4-7-21(27)24-16-33-13-12-23(24)28(39)34-30-37-38-31(43-30)42-17-19-14-18(10-11-25(19)32)15-26-20-6-2-3-8-22(20)29(40)36-35-26/h2-14,16H,15,17H2,1H3,(H,36,40)(H,34,37,39). The van der Waals surface area contributed by atoms with Crippen LogP contribution in [0.5, 0.6) is 10.9 Å². The minimum absolute atomic E-state index is 0.107. The number of H-pyrrole nitrogens is 1. The molecule has 0 atom stereocenters. The van der Waals surface area contributed by atoms with E-state index in [9.17, 15) is 14.0 Å². The maximum absolute atomic E-state index is 14.7. The summed E-state index contributed by atoms with van der Waals surface area (Å²) in [7, 11) is 1.56. The summed E-state index contributed by atoms with van der Waals surface area (Å²) in [5, 5.41) is 19.1. The van der Waals surface area contributed by atoms with Gasteiger partial charge in [0.25, 0.3) is 16.7 Å². The lowest BCUT2D eigenvalue weighted by atomic mass is 10.0. The van der Waals surface area contributed by atoms with Crippen molar-refractivity contribution in [1.82, 2.24) is 25.4 Å². The van der Waals surface area contributed by atoms with Crippen LogP contribution in [0.4, 0.5) is 9.52 Å². The fraction of sp³-hybridized carbons (Fsp3) is 0.0968. The topological polar surface area (TPSA) is 132 Å². The molecular weight excluding hydrogens is 571 g/mol. The van der Waals surface area contributed by atoms with Crippen LogP contribution in [0.25, 0.3) is 21.9 Å². The zero-order chi connectivity index (χ0) is 29.8. The Morgan fingerprint density at radius 1 is 1.00 bits per heavy atom. The van der Waals surface area contributed by atoms with Gasteiger partial charge in [0.15, 0.2) is 0 Å². The summed E-state index contributed by atoms with van der Waals surface area (Å²) in [5.74, 6) is -0.244. The fourth-order valence-electron chi connectivity index (χ4n) is 4.65. The maximum Gasteiger partial charge on any atom is 0.296 e. The lowest BCUT2D eigenvalue weighted by molar-refractivity contribution is 0.102. The number of carbonyl (C=O) groups excluding carboxylic acids is 1. The summed E-state index contributed by atoms with van der Waals surface area (Å²) in [6.45, 7) is -0.107. The van der Waals surface area contributed by atoms with Crippen molar-refractivity contribution in [3.8, 4) is 22.1 Å². The number of anilines is 1. The number of fused-ring (bicyclic) bond motifs is 1. The van der Waals surface area contributed by atoms with Gasteiger partial charge in [-0.2, -0.15) is 5.10 Å². The molecular formula is C31H23FN6O4S. The van der Waals surface area contributed by atoms with Crippen molar-refractivity contribution in [3.05, 3.63) is 124 Å². The molecule has 0 aliphatic rings. The normalized spacial score (nSPS) is 10.9. The average Bonchev–Trinajstić information content (AvgIpc) is 3.49. The highest BCUT2D eigenvalue weighted by atomic mass is 32.1. The summed E-state index contributed by atoms with van der Waals surface area (Å²) in [6, 6.07) is 20.9. The minimum atomic E-state index is -0.442. The fourth-order valence-corrected chi connectivity index (χ4v) is 5.24. The predicted octanol–water partition coefficient (Wildman–Crippen LogP) is 5.41. The molecule has 214 valence electrons. The molecule has 0 saturated carbocycles. The first-order chi connectivity index (χ1) is 21.0. The van der Waals surface area contributed by atoms with E-state index < -0.39 is 11.7 Å².